The number of aliphatic hydroxyl groups is 1. The average Bonchev–Trinajstić information content (AvgIpc) is 2.37. The molecule has 5 heteroatoms. The van der Waals surface area contributed by atoms with Gasteiger partial charge in [0.05, 0.1) is 0 Å². The summed E-state index contributed by atoms with van der Waals surface area (Å²) in [7, 11) is 0. The van der Waals surface area contributed by atoms with E-state index in [1.165, 1.54) is 0 Å². The second-order valence-corrected chi connectivity index (χ2v) is 6.89. The van der Waals surface area contributed by atoms with Gasteiger partial charge in [-0.2, -0.15) is 11.8 Å². The highest BCUT2D eigenvalue weighted by atomic mass is 32.2. The molecule has 2 unspecified atom stereocenters. The van der Waals surface area contributed by atoms with Crippen molar-refractivity contribution in [3.63, 3.8) is 0 Å². The molecule has 0 bridgehead atoms. The molecule has 1 fully saturated rings. The lowest BCUT2D eigenvalue weighted by Crippen LogP contribution is -2.42. The highest BCUT2D eigenvalue weighted by Crippen LogP contribution is 2.14. The van der Waals surface area contributed by atoms with E-state index < -0.39 is 0 Å². The number of hydrogen-bond donors (Lipinski definition) is 3. The Labute approximate surface area is 121 Å². The third kappa shape index (κ3) is 7.80. The van der Waals surface area contributed by atoms with Crippen LogP contribution in [0.4, 0.5) is 0 Å². The maximum Gasteiger partial charge on any atom is 0.221 e. The monoisotopic (exact) mass is 288 g/mol. The van der Waals surface area contributed by atoms with Crippen LogP contribution in [-0.2, 0) is 4.79 Å². The van der Waals surface area contributed by atoms with Gasteiger partial charge in [-0.25, -0.2) is 0 Å². The van der Waals surface area contributed by atoms with Crippen LogP contribution in [0, 0.1) is 11.8 Å². The molecule has 112 valence electrons. The molecule has 0 aromatic carbocycles. The fraction of sp³-hybridized carbons (Fsp3) is 0.929. The fourth-order valence-electron chi connectivity index (χ4n) is 2.46. The predicted molar refractivity (Wildman–Crippen MR) is 81.4 cm³/mol. The Hall–Kier alpha value is -0.260. The summed E-state index contributed by atoms with van der Waals surface area (Å²) in [5.74, 6) is 3.30. The third-order valence-corrected chi connectivity index (χ3v) is 4.49. The number of hydrogen-bond acceptors (Lipinski definition) is 4. The maximum absolute atomic E-state index is 11.9. The Morgan fingerprint density at radius 1 is 1.53 bits per heavy atom. The van der Waals surface area contributed by atoms with Gasteiger partial charge in [0, 0.05) is 43.7 Å². The van der Waals surface area contributed by atoms with Crippen molar-refractivity contribution in [2.24, 2.45) is 11.8 Å². The Bertz CT molecular complexity index is 256. The van der Waals surface area contributed by atoms with Gasteiger partial charge in [0.1, 0.15) is 0 Å². The minimum absolute atomic E-state index is 0.131. The number of rotatable bonds is 8. The molecule has 1 heterocycles. The predicted octanol–water partition coefficient (Wildman–Crippen LogP) is 1.24. The van der Waals surface area contributed by atoms with Gasteiger partial charge in [-0.3, -0.25) is 4.79 Å². The summed E-state index contributed by atoms with van der Waals surface area (Å²) in [5, 5.41) is 15.4. The number of aliphatic hydroxyl groups excluding tert-OH is 1. The molecule has 0 aromatic rings. The summed E-state index contributed by atoms with van der Waals surface area (Å²) < 4.78 is 0. The molecule has 0 saturated carbocycles. The Balaban J connectivity index is 2.22. The number of nitrogens with one attached hydrogen (secondary N) is 2. The van der Waals surface area contributed by atoms with Crippen LogP contribution in [-0.4, -0.2) is 48.3 Å². The SMILES string of the molecule is CC(C)CC(CCO)CNC(=O)CC1CSCCN1. The Morgan fingerprint density at radius 3 is 2.89 bits per heavy atom. The molecule has 4 nitrogen and oxygen atoms in total. The van der Waals surface area contributed by atoms with Crippen molar-refractivity contribution in [2.45, 2.75) is 39.2 Å². The van der Waals surface area contributed by atoms with E-state index in [1.54, 1.807) is 0 Å². The van der Waals surface area contributed by atoms with Crippen molar-refractivity contribution in [1.29, 1.82) is 0 Å². The van der Waals surface area contributed by atoms with Gasteiger partial charge >= 0.3 is 0 Å². The fourth-order valence-corrected chi connectivity index (χ4v) is 3.41. The van der Waals surface area contributed by atoms with E-state index >= 15 is 0 Å². The van der Waals surface area contributed by atoms with E-state index in [2.05, 4.69) is 24.5 Å². The molecule has 1 rings (SSSR count). The summed E-state index contributed by atoms with van der Waals surface area (Å²) in [5.41, 5.74) is 0. The average molecular weight is 288 g/mol. The van der Waals surface area contributed by atoms with Gasteiger partial charge in [-0.05, 0) is 24.7 Å². The molecular weight excluding hydrogens is 260 g/mol. The van der Waals surface area contributed by atoms with Crippen LogP contribution in [0.25, 0.3) is 0 Å². The zero-order chi connectivity index (χ0) is 14.1. The molecule has 2 atom stereocenters. The van der Waals surface area contributed by atoms with Crippen LogP contribution >= 0.6 is 11.8 Å². The topological polar surface area (TPSA) is 61.4 Å². The Kier molecular flexibility index (Phi) is 8.50. The minimum atomic E-state index is 0.131. The van der Waals surface area contributed by atoms with Crippen LogP contribution in [0.1, 0.15) is 33.1 Å². The molecule has 0 aliphatic carbocycles. The molecule has 1 aliphatic heterocycles. The van der Waals surface area contributed by atoms with Crippen LogP contribution in [0.15, 0.2) is 0 Å². The smallest absolute Gasteiger partial charge is 0.221 e. The first kappa shape index (κ1) is 16.8. The molecule has 0 radical (unpaired) electrons. The van der Waals surface area contributed by atoms with Crippen LogP contribution in [0.3, 0.4) is 0 Å². The maximum atomic E-state index is 11.9. The van der Waals surface area contributed by atoms with E-state index in [0.717, 1.165) is 30.9 Å². The first-order valence-electron chi connectivity index (χ1n) is 7.30. The normalized spacial score (nSPS) is 21.4. The van der Waals surface area contributed by atoms with Gasteiger partial charge in [0.25, 0.3) is 0 Å². The van der Waals surface area contributed by atoms with Crippen LogP contribution in [0.2, 0.25) is 0 Å². The standard InChI is InChI=1S/C14H28N2O2S/c1-11(2)7-12(3-5-17)9-16-14(18)8-13-10-19-6-4-15-13/h11-13,15,17H,3-10H2,1-2H3,(H,16,18). The second-order valence-electron chi connectivity index (χ2n) is 5.74. The summed E-state index contributed by atoms with van der Waals surface area (Å²) in [4.78, 5) is 11.9. The lowest BCUT2D eigenvalue weighted by Gasteiger charge is -2.23. The molecule has 3 N–H and O–H groups in total. The van der Waals surface area contributed by atoms with Gasteiger partial charge < -0.3 is 15.7 Å². The van der Waals surface area contributed by atoms with E-state index in [0.29, 0.717) is 30.8 Å². The molecule has 0 spiro atoms. The van der Waals surface area contributed by atoms with Gasteiger partial charge in [-0.15, -0.1) is 0 Å². The van der Waals surface area contributed by atoms with Crippen molar-refractivity contribution in [1.82, 2.24) is 10.6 Å². The molecule has 1 saturated heterocycles. The molecular formula is C14H28N2O2S. The van der Waals surface area contributed by atoms with Gasteiger partial charge in [0.15, 0.2) is 0 Å². The molecule has 1 aliphatic rings. The highest BCUT2D eigenvalue weighted by molar-refractivity contribution is 7.99. The number of thioether (sulfide) groups is 1. The largest absolute Gasteiger partial charge is 0.396 e. The number of amides is 1. The van der Waals surface area contributed by atoms with Crippen LogP contribution in [0.5, 0.6) is 0 Å². The van der Waals surface area contributed by atoms with Crippen molar-refractivity contribution in [3.8, 4) is 0 Å². The first-order valence-corrected chi connectivity index (χ1v) is 8.46. The number of carbonyl (C=O) groups excluding carboxylic acids is 1. The van der Waals surface area contributed by atoms with Crippen molar-refractivity contribution in [3.05, 3.63) is 0 Å². The molecule has 1 amide bonds. The lowest BCUT2D eigenvalue weighted by atomic mass is 9.94. The van der Waals surface area contributed by atoms with Crippen molar-refractivity contribution >= 4 is 17.7 Å². The summed E-state index contributed by atoms with van der Waals surface area (Å²) in [6, 6.07) is 0.320. The first-order chi connectivity index (χ1) is 9.11. The van der Waals surface area contributed by atoms with Crippen molar-refractivity contribution < 1.29 is 9.90 Å². The lowest BCUT2D eigenvalue weighted by molar-refractivity contribution is -0.121. The number of carbonyl (C=O) groups is 1. The van der Waals surface area contributed by atoms with Gasteiger partial charge in [-0.1, -0.05) is 13.8 Å². The van der Waals surface area contributed by atoms with Gasteiger partial charge in [0.2, 0.25) is 5.91 Å². The van der Waals surface area contributed by atoms with Crippen LogP contribution < -0.4 is 10.6 Å². The molecule has 0 aromatic heterocycles. The van der Waals surface area contributed by atoms with E-state index in [4.69, 9.17) is 5.11 Å². The zero-order valence-corrected chi connectivity index (χ0v) is 13.0. The summed E-state index contributed by atoms with van der Waals surface area (Å²) in [6.45, 7) is 6.25. The second kappa shape index (κ2) is 9.61. The summed E-state index contributed by atoms with van der Waals surface area (Å²) >= 11 is 1.91. The summed E-state index contributed by atoms with van der Waals surface area (Å²) in [6.07, 6.45) is 2.40. The molecule has 19 heavy (non-hydrogen) atoms. The van der Waals surface area contributed by atoms with E-state index in [9.17, 15) is 4.79 Å². The third-order valence-electron chi connectivity index (χ3n) is 3.36. The zero-order valence-electron chi connectivity index (χ0n) is 12.2. The van der Waals surface area contributed by atoms with E-state index in [-0.39, 0.29) is 12.5 Å². The quantitative estimate of drug-likeness (QED) is 0.629. The Morgan fingerprint density at radius 2 is 2.32 bits per heavy atom. The van der Waals surface area contributed by atoms with E-state index in [1.807, 2.05) is 11.8 Å². The van der Waals surface area contributed by atoms with Crippen molar-refractivity contribution in [2.75, 3.05) is 31.2 Å². The minimum Gasteiger partial charge on any atom is -0.396 e. The highest BCUT2D eigenvalue weighted by Gasteiger charge is 2.17.